The number of methoxy groups -OCH3 is 2. The third kappa shape index (κ3) is 4.44. The van der Waals surface area contributed by atoms with E-state index in [1.165, 1.54) is 4.90 Å². The molecule has 1 aromatic heterocycles. The van der Waals surface area contributed by atoms with Crippen molar-refractivity contribution in [3.05, 3.63) is 53.4 Å². The molecule has 2 aromatic rings. The van der Waals surface area contributed by atoms with Crippen LogP contribution < -0.4 is 9.47 Å². The Hall–Kier alpha value is -3.56. The van der Waals surface area contributed by atoms with Crippen LogP contribution in [0.25, 0.3) is 0 Å². The molecule has 8 nitrogen and oxygen atoms in total. The average Bonchev–Trinajstić information content (AvgIpc) is 3.13. The van der Waals surface area contributed by atoms with Gasteiger partial charge in [-0.05, 0) is 31.0 Å². The molecule has 186 valence electrons. The fourth-order valence-corrected chi connectivity index (χ4v) is 4.79. The van der Waals surface area contributed by atoms with Crippen LogP contribution in [0.15, 0.2) is 35.6 Å². The van der Waals surface area contributed by atoms with Gasteiger partial charge in [0.25, 0.3) is 5.91 Å². The first-order chi connectivity index (χ1) is 16.7. The highest BCUT2D eigenvalue weighted by molar-refractivity contribution is 6.07. The summed E-state index contributed by atoms with van der Waals surface area (Å²) in [5, 5.41) is 6.71. The fourth-order valence-electron chi connectivity index (χ4n) is 4.79. The summed E-state index contributed by atoms with van der Waals surface area (Å²) in [6.45, 7) is 4.63. The minimum atomic E-state index is -0.983. The number of carbonyl (C=O) groups is 2. The number of carbonyl (C=O) groups excluding carboxylic acids is 2. The van der Waals surface area contributed by atoms with E-state index in [0.29, 0.717) is 43.5 Å². The van der Waals surface area contributed by atoms with Gasteiger partial charge in [0, 0.05) is 30.1 Å². The number of halogens is 2. The molecule has 1 amide bonds. The first-order valence-corrected chi connectivity index (χ1v) is 11.4. The molecule has 0 N–H and O–H groups in total. The second kappa shape index (κ2) is 9.59. The first-order valence-electron chi connectivity index (χ1n) is 11.4. The smallest absolute Gasteiger partial charge is 0.275 e. The standard InChI is InChI=1S/C25H28F2N4O4/c1-25(2)21(14-32)31(29-23(25)15-5-6-19(34-3)20(11-15)35-4)17-7-9-30(10-8-17)24(33)22-18(27)12-16(26)13-28-22/h5-6,11-14,17,21H,7-10H2,1-4H3. The predicted octanol–water partition coefficient (Wildman–Crippen LogP) is 3.30. The Kier molecular flexibility index (Phi) is 6.73. The quantitative estimate of drug-likeness (QED) is 0.583. The molecule has 1 unspecified atom stereocenters. The lowest BCUT2D eigenvalue weighted by Gasteiger charge is -2.39. The molecule has 2 aliphatic heterocycles. The Labute approximate surface area is 202 Å². The summed E-state index contributed by atoms with van der Waals surface area (Å²) in [6, 6.07) is 5.61. The number of rotatable bonds is 6. The van der Waals surface area contributed by atoms with Crippen LogP contribution in [0, 0.1) is 17.0 Å². The number of benzene rings is 1. The molecule has 10 heteroatoms. The van der Waals surface area contributed by atoms with Gasteiger partial charge in [0.15, 0.2) is 23.0 Å². The van der Waals surface area contributed by atoms with Crippen molar-refractivity contribution in [1.82, 2.24) is 14.9 Å². The minimum absolute atomic E-state index is 0.0859. The number of nitrogens with zero attached hydrogens (tertiary/aromatic N) is 4. The maximum atomic E-state index is 14.0. The first kappa shape index (κ1) is 24.6. The molecule has 0 bridgehead atoms. The second-order valence-corrected chi connectivity index (χ2v) is 9.21. The van der Waals surface area contributed by atoms with Crippen LogP contribution in [0.5, 0.6) is 11.5 Å². The van der Waals surface area contributed by atoms with Crippen molar-refractivity contribution in [2.45, 2.75) is 38.8 Å². The minimum Gasteiger partial charge on any atom is -0.493 e. The topological polar surface area (TPSA) is 84.3 Å². The van der Waals surface area contributed by atoms with Crippen molar-refractivity contribution in [3.63, 3.8) is 0 Å². The van der Waals surface area contributed by atoms with E-state index in [4.69, 9.17) is 14.6 Å². The average molecular weight is 487 g/mol. The number of likely N-dealkylation sites (tertiary alicyclic amines) is 1. The molecule has 1 fully saturated rings. The van der Waals surface area contributed by atoms with E-state index < -0.39 is 34.7 Å². The Morgan fingerprint density at radius 3 is 2.40 bits per heavy atom. The summed E-state index contributed by atoms with van der Waals surface area (Å²) in [7, 11) is 3.13. The molecule has 35 heavy (non-hydrogen) atoms. The molecule has 0 radical (unpaired) electrons. The van der Waals surface area contributed by atoms with Gasteiger partial charge in [0.1, 0.15) is 18.1 Å². The Bertz CT molecular complexity index is 1160. The number of hydrogen-bond acceptors (Lipinski definition) is 7. The molecular formula is C25H28F2N4O4. The Morgan fingerprint density at radius 2 is 1.80 bits per heavy atom. The number of piperidine rings is 1. The van der Waals surface area contributed by atoms with Gasteiger partial charge in [-0.2, -0.15) is 5.10 Å². The van der Waals surface area contributed by atoms with Crippen molar-refractivity contribution in [3.8, 4) is 11.5 Å². The van der Waals surface area contributed by atoms with Gasteiger partial charge in [-0.3, -0.25) is 9.80 Å². The van der Waals surface area contributed by atoms with Crippen LogP contribution in [0.1, 0.15) is 42.7 Å². The Morgan fingerprint density at radius 1 is 1.11 bits per heavy atom. The van der Waals surface area contributed by atoms with Gasteiger partial charge in [0.05, 0.1) is 32.2 Å². The maximum Gasteiger partial charge on any atom is 0.275 e. The molecule has 2 aliphatic rings. The zero-order chi connectivity index (χ0) is 25.3. The number of aldehydes is 1. The lowest BCUT2D eigenvalue weighted by Crippen LogP contribution is -2.50. The molecule has 0 saturated carbocycles. The molecule has 1 saturated heterocycles. The second-order valence-electron chi connectivity index (χ2n) is 9.21. The molecule has 0 spiro atoms. The van der Waals surface area contributed by atoms with Crippen LogP contribution in [-0.4, -0.2) is 72.2 Å². The number of hydrazone groups is 1. The lowest BCUT2D eigenvalue weighted by atomic mass is 9.78. The van der Waals surface area contributed by atoms with Gasteiger partial charge in [-0.25, -0.2) is 13.8 Å². The number of aromatic nitrogens is 1. The zero-order valence-corrected chi connectivity index (χ0v) is 20.1. The third-order valence-electron chi connectivity index (χ3n) is 6.77. The van der Waals surface area contributed by atoms with Crippen LogP contribution >= 0.6 is 0 Å². The molecule has 1 aromatic carbocycles. The largest absolute Gasteiger partial charge is 0.493 e. The van der Waals surface area contributed by atoms with E-state index in [2.05, 4.69) is 4.98 Å². The highest BCUT2D eigenvalue weighted by Crippen LogP contribution is 2.40. The molecule has 3 heterocycles. The van der Waals surface area contributed by atoms with Crippen molar-refractivity contribution in [2.24, 2.45) is 10.5 Å². The SMILES string of the molecule is COc1ccc(C2=NN(C3CCN(C(=O)c4ncc(F)cc4F)CC3)C(C=O)C2(C)C)cc1OC. The highest BCUT2D eigenvalue weighted by atomic mass is 19.1. The van der Waals surface area contributed by atoms with Crippen molar-refractivity contribution < 1.29 is 27.8 Å². The number of hydrogen-bond donors (Lipinski definition) is 0. The molecule has 0 aliphatic carbocycles. The van der Waals surface area contributed by atoms with Gasteiger partial charge >= 0.3 is 0 Å². The fraction of sp³-hybridized carbons (Fsp3) is 0.440. The van der Waals surface area contributed by atoms with Crippen molar-refractivity contribution >= 4 is 17.9 Å². The van der Waals surface area contributed by atoms with Gasteiger partial charge in [-0.1, -0.05) is 13.8 Å². The van der Waals surface area contributed by atoms with E-state index >= 15 is 0 Å². The summed E-state index contributed by atoms with van der Waals surface area (Å²) in [5.41, 5.74) is 0.612. The Balaban J connectivity index is 1.54. The molecule has 4 rings (SSSR count). The van der Waals surface area contributed by atoms with Crippen LogP contribution in [0.3, 0.4) is 0 Å². The highest BCUT2D eigenvalue weighted by Gasteiger charge is 2.47. The normalized spacial score (nSPS) is 19.9. The van der Waals surface area contributed by atoms with E-state index in [1.54, 1.807) is 20.3 Å². The monoisotopic (exact) mass is 486 g/mol. The van der Waals surface area contributed by atoms with E-state index in [0.717, 1.165) is 23.8 Å². The van der Waals surface area contributed by atoms with Gasteiger partial charge in [0.2, 0.25) is 0 Å². The van der Waals surface area contributed by atoms with Gasteiger partial charge in [-0.15, -0.1) is 0 Å². The third-order valence-corrected chi connectivity index (χ3v) is 6.77. The van der Waals surface area contributed by atoms with Crippen molar-refractivity contribution in [2.75, 3.05) is 27.3 Å². The summed E-state index contributed by atoms with van der Waals surface area (Å²) in [6.07, 6.45) is 2.82. The van der Waals surface area contributed by atoms with E-state index in [-0.39, 0.29) is 6.04 Å². The van der Waals surface area contributed by atoms with Crippen LogP contribution in [0.4, 0.5) is 8.78 Å². The zero-order valence-electron chi connectivity index (χ0n) is 20.1. The summed E-state index contributed by atoms with van der Waals surface area (Å²) >= 11 is 0. The summed E-state index contributed by atoms with van der Waals surface area (Å²) in [4.78, 5) is 30.0. The van der Waals surface area contributed by atoms with Crippen LogP contribution in [0.2, 0.25) is 0 Å². The van der Waals surface area contributed by atoms with Crippen LogP contribution in [-0.2, 0) is 4.79 Å². The maximum absolute atomic E-state index is 14.0. The number of ether oxygens (including phenoxy) is 2. The predicted molar refractivity (Wildman–Crippen MR) is 125 cm³/mol. The number of amides is 1. The van der Waals surface area contributed by atoms with Gasteiger partial charge < -0.3 is 19.2 Å². The summed E-state index contributed by atoms with van der Waals surface area (Å²) in [5.74, 6) is -1.23. The number of pyridine rings is 1. The molecule has 1 atom stereocenters. The lowest BCUT2D eigenvalue weighted by molar-refractivity contribution is -0.115. The van der Waals surface area contributed by atoms with Crippen molar-refractivity contribution in [1.29, 1.82) is 0 Å². The molecular weight excluding hydrogens is 458 g/mol. The van der Waals surface area contributed by atoms with E-state index in [9.17, 15) is 18.4 Å². The van der Waals surface area contributed by atoms with E-state index in [1.807, 2.05) is 31.0 Å². The summed E-state index contributed by atoms with van der Waals surface area (Å²) < 4.78 is 38.0.